The van der Waals surface area contributed by atoms with Crippen molar-refractivity contribution in [2.75, 3.05) is 7.11 Å². The van der Waals surface area contributed by atoms with Gasteiger partial charge in [-0.15, -0.1) is 0 Å². The molecule has 1 unspecified atom stereocenters. The van der Waals surface area contributed by atoms with Crippen molar-refractivity contribution in [1.29, 1.82) is 0 Å². The summed E-state index contributed by atoms with van der Waals surface area (Å²) in [5.74, 6) is 1.39. The zero-order valence-corrected chi connectivity index (χ0v) is 12.4. The van der Waals surface area contributed by atoms with Gasteiger partial charge in [0.15, 0.2) is 11.5 Å². The number of oxime groups is 1. The van der Waals surface area contributed by atoms with Crippen molar-refractivity contribution in [3.8, 4) is 11.5 Å². The number of ether oxygens (including phenoxy) is 2. The molecule has 0 aromatic heterocycles. The van der Waals surface area contributed by atoms with E-state index in [1.807, 2.05) is 18.2 Å². The van der Waals surface area contributed by atoms with Gasteiger partial charge in [0.2, 0.25) is 0 Å². The lowest BCUT2D eigenvalue weighted by molar-refractivity contribution is -0.0926. The molecule has 1 aromatic rings. The van der Waals surface area contributed by atoms with Crippen LogP contribution >= 0.6 is 0 Å². The molecule has 1 aromatic carbocycles. The van der Waals surface area contributed by atoms with Crippen LogP contribution < -0.4 is 15.2 Å². The average molecular weight is 294 g/mol. The number of rotatable bonds is 6. The lowest BCUT2D eigenvalue weighted by Gasteiger charge is -2.16. The van der Waals surface area contributed by atoms with Crippen molar-refractivity contribution in [1.82, 2.24) is 0 Å². The Morgan fingerprint density at radius 3 is 2.67 bits per heavy atom. The van der Waals surface area contributed by atoms with Gasteiger partial charge in [-0.25, -0.2) is 0 Å². The second-order valence-corrected chi connectivity index (χ2v) is 5.06. The third kappa shape index (κ3) is 4.34. The first kappa shape index (κ1) is 15.6. The van der Waals surface area contributed by atoms with Crippen molar-refractivity contribution < 1.29 is 19.4 Å². The number of aliphatic hydroxyl groups is 1. The SMILES string of the molecule is COc1ccc(/C(C)=N/OC(N)O)cc1OC1CCCC1. The Morgan fingerprint density at radius 1 is 1.33 bits per heavy atom. The minimum atomic E-state index is -1.42. The highest BCUT2D eigenvalue weighted by Gasteiger charge is 2.19. The van der Waals surface area contributed by atoms with Gasteiger partial charge in [-0.1, -0.05) is 5.16 Å². The van der Waals surface area contributed by atoms with Crippen LogP contribution in [0.3, 0.4) is 0 Å². The zero-order valence-electron chi connectivity index (χ0n) is 12.4. The highest BCUT2D eigenvalue weighted by atomic mass is 16.7. The molecule has 6 nitrogen and oxygen atoms in total. The van der Waals surface area contributed by atoms with Gasteiger partial charge in [-0.3, -0.25) is 5.73 Å². The third-order valence-electron chi connectivity index (χ3n) is 3.47. The Labute approximate surface area is 124 Å². The average Bonchev–Trinajstić information content (AvgIpc) is 2.97. The van der Waals surface area contributed by atoms with Gasteiger partial charge < -0.3 is 19.4 Å². The highest BCUT2D eigenvalue weighted by Crippen LogP contribution is 2.32. The Morgan fingerprint density at radius 2 is 2.05 bits per heavy atom. The van der Waals surface area contributed by atoms with Gasteiger partial charge in [-0.2, -0.15) is 0 Å². The number of aliphatic hydroxyl groups excluding tert-OH is 1. The van der Waals surface area contributed by atoms with Gasteiger partial charge in [0.25, 0.3) is 6.41 Å². The Kier molecular flexibility index (Phi) is 5.41. The summed E-state index contributed by atoms with van der Waals surface area (Å²) >= 11 is 0. The highest BCUT2D eigenvalue weighted by molar-refractivity contribution is 5.98. The molecule has 1 fully saturated rings. The molecular weight excluding hydrogens is 272 g/mol. The summed E-state index contributed by atoms with van der Waals surface area (Å²) in [6, 6.07) is 5.55. The summed E-state index contributed by atoms with van der Waals surface area (Å²) in [5, 5.41) is 12.6. The first-order valence-corrected chi connectivity index (χ1v) is 7.09. The quantitative estimate of drug-likeness (QED) is 0.476. The molecule has 1 aliphatic rings. The lowest BCUT2D eigenvalue weighted by Crippen LogP contribution is -2.20. The largest absolute Gasteiger partial charge is 0.493 e. The molecule has 1 saturated carbocycles. The van der Waals surface area contributed by atoms with E-state index in [0.717, 1.165) is 18.4 Å². The fraction of sp³-hybridized carbons (Fsp3) is 0.533. The molecule has 0 saturated heterocycles. The van der Waals surface area contributed by atoms with Crippen LogP contribution in [0.2, 0.25) is 0 Å². The number of nitrogens with zero attached hydrogens (tertiary/aromatic N) is 1. The summed E-state index contributed by atoms with van der Waals surface area (Å²) in [6.45, 7) is 1.77. The van der Waals surface area contributed by atoms with Gasteiger partial charge in [0.1, 0.15) is 0 Å². The topological polar surface area (TPSA) is 86.3 Å². The van der Waals surface area contributed by atoms with Crippen LogP contribution in [0.5, 0.6) is 11.5 Å². The minimum Gasteiger partial charge on any atom is -0.493 e. The molecule has 3 N–H and O–H groups in total. The molecule has 0 heterocycles. The standard InChI is InChI=1S/C15H22N2O4/c1-10(17-21-15(16)18)11-7-8-13(19-2)14(9-11)20-12-5-3-4-6-12/h7-9,12,15,18H,3-6,16H2,1-2H3/b17-10+. The smallest absolute Gasteiger partial charge is 0.279 e. The third-order valence-corrected chi connectivity index (χ3v) is 3.47. The van der Waals surface area contributed by atoms with Crippen LogP contribution in [0.25, 0.3) is 0 Å². The lowest BCUT2D eigenvalue weighted by atomic mass is 10.1. The maximum atomic E-state index is 8.88. The van der Waals surface area contributed by atoms with Crippen LogP contribution in [0.4, 0.5) is 0 Å². The summed E-state index contributed by atoms with van der Waals surface area (Å²) in [6.07, 6.45) is 3.37. The number of methoxy groups -OCH3 is 1. The van der Waals surface area contributed by atoms with E-state index in [4.69, 9.17) is 20.3 Å². The summed E-state index contributed by atoms with van der Waals surface area (Å²) < 4.78 is 11.4. The van der Waals surface area contributed by atoms with Gasteiger partial charge >= 0.3 is 0 Å². The van der Waals surface area contributed by atoms with Crippen molar-refractivity contribution in [2.24, 2.45) is 10.9 Å². The van der Waals surface area contributed by atoms with Crippen LogP contribution in [-0.4, -0.2) is 30.4 Å². The molecule has 0 amide bonds. The fourth-order valence-corrected chi connectivity index (χ4v) is 2.37. The van der Waals surface area contributed by atoms with E-state index in [1.165, 1.54) is 12.8 Å². The number of hydrogen-bond acceptors (Lipinski definition) is 6. The molecule has 0 aliphatic heterocycles. The van der Waals surface area contributed by atoms with Crippen LogP contribution in [0.1, 0.15) is 38.2 Å². The predicted molar refractivity (Wildman–Crippen MR) is 79.4 cm³/mol. The van der Waals surface area contributed by atoms with E-state index >= 15 is 0 Å². The van der Waals surface area contributed by atoms with E-state index in [-0.39, 0.29) is 6.10 Å². The predicted octanol–water partition coefficient (Wildman–Crippen LogP) is 1.99. The zero-order chi connectivity index (χ0) is 15.2. The van der Waals surface area contributed by atoms with E-state index in [1.54, 1.807) is 14.0 Å². The van der Waals surface area contributed by atoms with E-state index in [2.05, 4.69) is 9.99 Å². The Hall–Kier alpha value is -1.79. The molecule has 2 rings (SSSR count). The number of hydrogen-bond donors (Lipinski definition) is 2. The first-order chi connectivity index (χ1) is 10.1. The van der Waals surface area contributed by atoms with Crippen LogP contribution in [-0.2, 0) is 4.84 Å². The fourth-order valence-electron chi connectivity index (χ4n) is 2.37. The molecule has 0 radical (unpaired) electrons. The van der Waals surface area contributed by atoms with E-state index in [0.29, 0.717) is 17.2 Å². The Balaban J connectivity index is 2.17. The molecule has 116 valence electrons. The molecule has 6 heteroatoms. The monoisotopic (exact) mass is 294 g/mol. The summed E-state index contributed by atoms with van der Waals surface area (Å²) in [5.41, 5.74) is 6.50. The number of nitrogens with two attached hydrogens (primary N) is 1. The number of benzene rings is 1. The molecule has 0 bridgehead atoms. The molecule has 1 aliphatic carbocycles. The minimum absolute atomic E-state index is 0.244. The van der Waals surface area contributed by atoms with Crippen LogP contribution in [0, 0.1) is 0 Å². The molecule has 0 spiro atoms. The Bertz CT molecular complexity index is 496. The molecule has 1 atom stereocenters. The van der Waals surface area contributed by atoms with Crippen molar-refractivity contribution in [3.05, 3.63) is 23.8 Å². The van der Waals surface area contributed by atoms with Crippen molar-refractivity contribution in [3.63, 3.8) is 0 Å². The van der Waals surface area contributed by atoms with Crippen LogP contribution in [0.15, 0.2) is 23.4 Å². The van der Waals surface area contributed by atoms with E-state index in [9.17, 15) is 0 Å². The summed E-state index contributed by atoms with van der Waals surface area (Å²) in [7, 11) is 1.62. The van der Waals surface area contributed by atoms with Crippen molar-refractivity contribution in [2.45, 2.75) is 45.1 Å². The first-order valence-electron chi connectivity index (χ1n) is 7.09. The van der Waals surface area contributed by atoms with E-state index < -0.39 is 6.41 Å². The normalized spacial score (nSPS) is 17.6. The van der Waals surface area contributed by atoms with Gasteiger partial charge in [-0.05, 0) is 50.8 Å². The molecular formula is C15H22N2O4. The maximum absolute atomic E-state index is 8.88. The van der Waals surface area contributed by atoms with Gasteiger partial charge in [0.05, 0.1) is 18.9 Å². The second-order valence-electron chi connectivity index (χ2n) is 5.06. The maximum Gasteiger partial charge on any atom is 0.279 e. The summed E-state index contributed by atoms with van der Waals surface area (Å²) in [4.78, 5) is 4.64. The second kappa shape index (κ2) is 7.28. The van der Waals surface area contributed by atoms with Gasteiger partial charge in [0, 0.05) is 5.56 Å². The molecule has 21 heavy (non-hydrogen) atoms. The van der Waals surface area contributed by atoms with Crippen molar-refractivity contribution >= 4 is 5.71 Å².